The van der Waals surface area contributed by atoms with E-state index >= 15 is 0 Å². The topological polar surface area (TPSA) is 52.6 Å². The van der Waals surface area contributed by atoms with Gasteiger partial charge in [-0.1, -0.05) is 90.4 Å². The average molecular weight is 473 g/mol. The fraction of sp³-hybridized carbons (Fsp3) is 0.355. The number of rotatable bonds is 8. The molecule has 184 valence electrons. The SMILES string of the molecule is CCCc1cc(C(C)(C)CC(C)(C)C)cc(OC(=O)c2ccccc2)c1OC(=O)c1ccccc1. The molecule has 0 aromatic heterocycles. The quantitative estimate of drug-likeness (QED) is 0.248. The van der Waals surface area contributed by atoms with E-state index < -0.39 is 11.9 Å². The van der Waals surface area contributed by atoms with Crippen LogP contribution in [0.15, 0.2) is 72.8 Å². The van der Waals surface area contributed by atoms with E-state index in [1.165, 1.54) is 0 Å². The molecule has 0 spiro atoms. The highest BCUT2D eigenvalue weighted by Gasteiger charge is 2.30. The van der Waals surface area contributed by atoms with Crippen molar-refractivity contribution in [1.29, 1.82) is 0 Å². The van der Waals surface area contributed by atoms with E-state index in [1.807, 2.05) is 18.2 Å². The van der Waals surface area contributed by atoms with Gasteiger partial charge in [0.2, 0.25) is 0 Å². The van der Waals surface area contributed by atoms with Crippen LogP contribution in [0.3, 0.4) is 0 Å². The molecule has 0 radical (unpaired) electrons. The second-order valence-electron chi connectivity index (χ2n) is 10.8. The van der Waals surface area contributed by atoms with E-state index in [0.717, 1.165) is 24.0 Å². The van der Waals surface area contributed by atoms with Crippen LogP contribution in [0.1, 0.15) is 86.2 Å². The van der Waals surface area contributed by atoms with E-state index in [2.05, 4.69) is 47.6 Å². The van der Waals surface area contributed by atoms with Gasteiger partial charge in [0, 0.05) is 0 Å². The predicted molar refractivity (Wildman–Crippen MR) is 140 cm³/mol. The molecule has 35 heavy (non-hydrogen) atoms. The Morgan fingerprint density at radius 3 is 1.74 bits per heavy atom. The normalized spacial score (nSPS) is 11.7. The van der Waals surface area contributed by atoms with Crippen LogP contribution in [-0.4, -0.2) is 11.9 Å². The maximum absolute atomic E-state index is 13.0. The molecule has 0 saturated heterocycles. The highest BCUT2D eigenvalue weighted by atomic mass is 16.6. The lowest BCUT2D eigenvalue weighted by molar-refractivity contribution is 0.0680. The Labute approximate surface area is 209 Å². The van der Waals surface area contributed by atoms with Crippen molar-refractivity contribution >= 4 is 11.9 Å². The Kier molecular flexibility index (Phi) is 8.16. The summed E-state index contributed by atoms with van der Waals surface area (Å²) < 4.78 is 11.8. The molecule has 3 aromatic rings. The van der Waals surface area contributed by atoms with Gasteiger partial charge in [0.15, 0.2) is 11.5 Å². The van der Waals surface area contributed by atoms with Crippen molar-refractivity contribution in [2.45, 2.75) is 66.2 Å². The minimum absolute atomic E-state index is 0.105. The lowest BCUT2D eigenvalue weighted by Crippen LogP contribution is -2.25. The van der Waals surface area contributed by atoms with Crippen molar-refractivity contribution in [3.63, 3.8) is 0 Å². The Morgan fingerprint density at radius 1 is 0.743 bits per heavy atom. The Morgan fingerprint density at radius 2 is 1.26 bits per heavy atom. The summed E-state index contributed by atoms with van der Waals surface area (Å²) in [5.74, 6) is -0.399. The van der Waals surface area contributed by atoms with Crippen LogP contribution in [0.4, 0.5) is 0 Å². The minimum Gasteiger partial charge on any atom is -0.419 e. The van der Waals surface area contributed by atoms with Gasteiger partial charge in [0.1, 0.15) is 0 Å². The number of ether oxygens (including phenoxy) is 2. The van der Waals surface area contributed by atoms with Gasteiger partial charge in [0.25, 0.3) is 0 Å². The number of benzene rings is 3. The van der Waals surface area contributed by atoms with E-state index in [4.69, 9.17) is 9.47 Å². The summed E-state index contributed by atoms with van der Waals surface area (Å²) >= 11 is 0. The van der Waals surface area contributed by atoms with Gasteiger partial charge in [-0.25, -0.2) is 9.59 Å². The Hall–Kier alpha value is -3.40. The molecule has 0 aliphatic heterocycles. The highest BCUT2D eigenvalue weighted by molar-refractivity contribution is 5.93. The molecule has 3 rings (SSSR count). The number of carbonyl (C=O) groups excluding carboxylic acids is 2. The summed E-state index contributed by atoms with van der Waals surface area (Å²) in [6.45, 7) is 13.1. The van der Waals surface area contributed by atoms with Crippen LogP contribution in [-0.2, 0) is 11.8 Å². The van der Waals surface area contributed by atoms with Crippen LogP contribution in [0.5, 0.6) is 11.5 Å². The van der Waals surface area contributed by atoms with Gasteiger partial charge in [0.05, 0.1) is 11.1 Å². The van der Waals surface area contributed by atoms with Crippen molar-refractivity contribution in [3.8, 4) is 11.5 Å². The monoisotopic (exact) mass is 472 g/mol. The van der Waals surface area contributed by atoms with Crippen LogP contribution in [0, 0.1) is 5.41 Å². The second kappa shape index (κ2) is 10.9. The molecule has 0 aliphatic carbocycles. The van der Waals surface area contributed by atoms with Gasteiger partial charge < -0.3 is 9.47 Å². The molecule has 4 nitrogen and oxygen atoms in total. The lowest BCUT2D eigenvalue weighted by atomic mass is 9.72. The van der Waals surface area contributed by atoms with E-state index in [9.17, 15) is 9.59 Å². The van der Waals surface area contributed by atoms with Gasteiger partial charge in [-0.05, 0) is 65.1 Å². The number of esters is 2. The first kappa shape index (κ1) is 26.2. The number of hydrogen-bond donors (Lipinski definition) is 0. The Bertz CT molecular complexity index is 1160. The van der Waals surface area contributed by atoms with Crippen molar-refractivity contribution < 1.29 is 19.1 Å². The highest BCUT2D eigenvalue weighted by Crippen LogP contribution is 2.42. The van der Waals surface area contributed by atoms with Crippen molar-refractivity contribution in [3.05, 3.63) is 95.1 Å². The van der Waals surface area contributed by atoms with Crippen LogP contribution in [0.2, 0.25) is 0 Å². The summed E-state index contributed by atoms with van der Waals surface area (Å²) in [6, 6.07) is 21.6. The van der Waals surface area contributed by atoms with Gasteiger partial charge in [-0.15, -0.1) is 0 Å². The largest absolute Gasteiger partial charge is 0.419 e. The third-order valence-electron chi connectivity index (χ3n) is 5.82. The summed E-state index contributed by atoms with van der Waals surface area (Å²) in [4.78, 5) is 26.0. The second-order valence-corrected chi connectivity index (χ2v) is 10.8. The van der Waals surface area contributed by atoms with E-state index in [-0.39, 0.29) is 16.6 Å². The minimum atomic E-state index is -0.490. The average Bonchev–Trinajstić information content (AvgIpc) is 2.80. The summed E-state index contributed by atoms with van der Waals surface area (Å²) in [5.41, 5.74) is 2.69. The molecule has 0 bridgehead atoms. The number of carbonyl (C=O) groups is 2. The van der Waals surface area contributed by atoms with Crippen molar-refractivity contribution in [2.75, 3.05) is 0 Å². The molecule has 0 saturated carbocycles. The third-order valence-corrected chi connectivity index (χ3v) is 5.82. The van der Waals surface area contributed by atoms with E-state index in [1.54, 1.807) is 48.5 Å². The van der Waals surface area contributed by atoms with Gasteiger partial charge in [-0.3, -0.25) is 0 Å². The van der Waals surface area contributed by atoms with Crippen LogP contribution >= 0.6 is 0 Å². The van der Waals surface area contributed by atoms with Gasteiger partial charge >= 0.3 is 11.9 Å². The first-order valence-electron chi connectivity index (χ1n) is 12.2. The summed E-state index contributed by atoms with van der Waals surface area (Å²) in [6.07, 6.45) is 2.47. The maximum Gasteiger partial charge on any atom is 0.343 e. The van der Waals surface area contributed by atoms with Gasteiger partial charge in [-0.2, -0.15) is 0 Å². The van der Waals surface area contributed by atoms with Crippen molar-refractivity contribution in [1.82, 2.24) is 0 Å². The molecule has 0 aliphatic rings. The maximum atomic E-state index is 13.0. The molecule has 0 N–H and O–H groups in total. The third kappa shape index (κ3) is 7.05. The molecule has 0 fully saturated rings. The summed E-state index contributed by atoms with van der Waals surface area (Å²) in [7, 11) is 0. The van der Waals surface area contributed by atoms with Crippen LogP contribution < -0.4 is 9.47 Å². The zero-order chi connectivity index (χ0) is 25.6. The molecule has 0 amide bonds. The summed E-state index contributed by atoms with van der Waals surface area (Å²) in [5, 5.41) is 0. The van der Waals surface area contributed by atoms with Crippen molar-refractivity contribution in [2.24, 2.45) is 5.41 Å². The Balaban J connectivity index is 2.11. The zero-order valence-corrected chi connectivity index (χ0v) is 21.7. The molecule has 3 aromatic carbocycles. The number of aryl methyl sites for hydroxylation is 1. The smallest absolute Gasteiger partial charge is 0.343 e. The molecule has 0 heterocycles. The zero-order valence-electron chi connectivity index (χ0n) is 21.7. The van der Waals surface area contributed by atoms with Crippen LogP contribution in [0.25, 0.3) is 0 Å². The lowest BCUT2D eigenvalue weighted by Gasteiger charge is -2.34. The number of hydrogen-bond acceptors (Lipinski definition) is 4. The fourth-order valence-electron chi connectivity index (χ4n) is 4.58. The fourth-order valence-corrected chi connectivity index (χ4v) is 4.58. The molecular weight excluding hydrogens is 436 g/mol. The molecular formula is C31H36O4. The first-order chi connectivity index (χ1) is 16.5. The molecule has 0 unspecified atom stereocenters. The predicted octanol–water partition coefficient (Wildman–Crippen LogP) is 7.79. The standard InChI is InChI=1S/C31H36O4/c1-7-14-24-19-25(31(5,6)21-30(2,3)4)20-26(34-28(32)22-15-10-8-11-16-22)27(24)35-29(33)23-17-12-9-13-18-23/h8-13,15-20H,7,14,21H2,1-6H3. The molecule has 4 heteroatoms. The van der Waals surface area contributed by atoms with E-state index in [0.29, 0.717) is 23.3 Å². The molecule has 0 atom stereocenters. The first-order valence-corrected chi connectivity index (χ1v) is 12.2.